The van der Waals surface area contributed by atoms with Crippen molar-refractivity contribution in [2.75, 3.05) is 12.4 Å². The molecule has 0 saturated carbocycles. The van der Waals surface area contributed by atoms with Crippen molar-refractivity contribution in [3.05, 3.63) is 99.6 Å². The number of rotatable bonds is 7. The number of allylic oxidation sites excluding steroid dienone is 1. The zero-order valence-electron chi connectivity index (χ0n) is 25.7. The average molecular weight is 530 g/mol. The first-order valence-electron chi connectivity index (χ1n) is 15.1. The lowest BCUT2D eigenvalue weighted by Crippen LogP contribution is -1.99. The number of hydrogen-bond acceptors (Lipinski definition) is 1. The van der Waals surface area contributed by atoms with Crippen LogP contribution in [0.25, 0.3) is 11.1 Å². The van der Waals surface area contributed by atoms with E-state index < -0.39 is 0 Å². The highest BCUT2D eigenvalue weighted by molar-refractivity contribution is 6.00. The van der Waals surface area contributed by atoms with Crippen LogP contribution in [0.4, 0.5) is 10.1 Å². The summed E-state index contributed by atoms with van der Waals surface area (Å²) in [6.45, 7) is 15.2. The fourth-order valence-electron chi connectivity index (χ4n) is 5.04. The average Bonchev–Trinajstić information content (AvgIpc) is 3.11. The highest BCUT2D eigenvalue weighted by Crippen LogP contribution is 2.41. The van der Waals surface area contributed by atoms with E-state index in [1.54, 1.807) is 0 Å². The molecule has 0 fully saturated rings. The summed E-state index contributed by atoms with van der Waals surface area (Å²) in [6, 6.07) is 22.1. The van der Waals surface area contributed by atoms with Gasteiger partial charge in [-0.2, -0.15) is 0 Å². The topological polar surface area (TPSA) is 26.0 Å². The standard InChI is InChI=1S/C26H27N.C7H16.C4H9F/c1-17-10-12-20(13-11-17)26-24-15-14-22(27)16-21(24)7-5-9-25(26)23-8-4-6-18(2)19(23)3;1-4-6-7(3)5-2;1-2-3-4-5/h4,6,8,10-16H,5,7,9,27H2,1-3H3;7H,4-6H2,1-3H3;2-4H2,1H3. The van der Waals surface area contributed by atoms with Gasteiger partial charge in [0.25, 0.3) is 0 Å². The summed E-state index contributed by atoms with van der Waals surface area (Å²) < 4.78 is 11.0. The first-order chi connectivity index (χ1) is 18.8. The molecule has 1 nitrogen and oxygen atoms in total. The van der Waals surface area contributed by atoms with Gasteiger partial charge in [0.2, 0.25) is 0 Å². The van der Waals surface area contributed by atoms with Crippen molar-refractivity contribution >= 4 is 16.8 Å². The molecule has 1 aliphatic carbocycles. The minimum atomic E-state index is -0.156. The van der Waals surface area contributed by atoms with E-state index in [0.717, 1.165) is 43.7 Å². The van der Waals surface area contributed by atoms with Crippen molar-refractivity contribution < 1.29 is 4.39 Å². The SMILES string of the molecule is CCCC(C)CC.CCCCF.Cc1ccc(C2=C(c3cccc(C)c3C)CCCc3cc(N)ccc32)cc1. The molecule has 1 atom stereocenters. The monoisotopic (exact) mass is 529 g/mol. The Morgan fingerprint density at radius 1 is 0.846 bits per heavy atom. The predicted octanol–water partition coefficient (Wildman–Crippen LogP) is 11.1. The van der Waals surface area contributed by atoms with Crippen molar-refractivity contribution in [3.8, 4) is 0 Å². The van der Waals surface area contributed by atoms with E-state index in [9.17, 15) is 4.39 Å². The third-order valence-corrected chi connectivity index (χ3v) is 7.81. The molecule has 3 aromatic carbocycles. The summed E-state index contributed by atoms with van der Waals surface area (Å²) in [7, 11) is 0. The predicted molar refractivity (Wildman–Crippen MR) is 172 cm³/mol. The lowest BCUT2D eigenvalue weighted by Gasteiger charge is -2.19. The number of unbranched alkanes of at least 4 members (excludes halogenated alkanes) is 1. The fourth-order valence-corrected chi connectivity index (χ4v) is 5.04. The maximum atomic E-state index is 11.0. The molecule has 0 bridgehead atoms. The lowest BCUT2D eigenvalue weighted by atomic mass is 9.85. The van der Waals surface area contributed by atoms with Gasteiger partial charge in [0.15, 0.2) is 0 Å². The van der Waals surface area contributed by atoms with Crippen LogP contribution in [0.2, 0.25) is 0 Å². The van der Waals surface area contributed by atoms with Crippen molar-refractivity contribution in [3.63, 3.8) is 0 Å². The van der Waals surface area contributed by atoms with E-state index in [-0.39, 0.29) is 6.67 Å². The number of halogens is 1. The van der Waals surface area contributed by atoms with E-state index in [4.69, 9.17) is 5.73 Å². The first-order valence-corrected chi connectivity index (χ1v) is 15.1. The minimum absolute atomic E-state index is 0.156. The van der Waals surface area contributed by atoms with E-state index in [0.29, 0.717) is 0 Å². The Bertz CT molecular complexity index is 1170. The van der Waals surface area contributed by atoms with Crippen LogP contribution in [-0.2, 0) is 6.42 Å². The molecule has 2 N–H and O–H groups in total. The maximum absolute atomic E-state index is 11.0. The van der Waals surface area contributed by atoms with Gasteiger partial charge in [0.1, 0.15) is 0 Å². The van der Waals surface area contributed by atoms with E-state index in [1.165, 1.54) is 69.4 Å². The van der Waals surface area contributed by atoms with Crippen LogP contribution < -0.4 is 5.73 Å². The van der Waals surface area contributed by atoms with Crippen LogP contribution in [0.3, 0.4) is 0 Å². The number of anilines is 1. The zero-order valence-corrected chi connectivity index (χ0v) is 25.7. The maximum Gasteiger partial charge on any atom is 0.0894 e. The van der Waals surface area contributed by atoms with Gasteiger partial charge in [-0.3, -0.25) is 4.39 Å². The Morgan fingerprint density at radius 2 is 1.56 bits per heavy atom. The summed E-state index contributed by atoms with van der Waals surface area (Å²) in [4.78, 5) is 0. The van der Waals surface area contributed by atoms with Gasteiger partial charge >= 0.3 is 0 Å². The van der Waals surface area contributed by atoms with Crippen LogP contribution in [0.15, 0.2) is 60.7 Å². The summed E-state index contributed by atoms with van der Waals surface area (Å²) in [5, 5.41) is 0. The number of aryl methyl sites for hydroxylation is 3. The number of nitrogen functional groups attached to an aromatic ring is 1. The van der Waals surface area contributed by atoms with Crippen LogP contribution in [0, 0.1) is 26.7 Å². The quantitative estimate of drug-likeness (QED) is 0.303. The summed E-state index contributed by atoms with van der Waals surface area (Å²) in [5.74, 6) is 0.949. The molecular formula is C37H52FN. The van der Waals surface area contributed by atoms with Gasteiger partial charge in [-0.05, 0) is 109 Å². The summed E-state index contributed by atoms with van der Waals surface area (Å²) in [5.41, 5.74) is 19.2. The van der Waals surface area contributed by atoms with Gasteiger partial charge in [-0.25, -0.2) is 0 Å². The fraction of sp³-hybridized carbons (Fsp3) is 0.459. The molecule has 0 radical (unpaired) electrons. The van der Waals surface area contributed by atoms with Crippen molar-refractivity contribution in [1.82, 2.24) is 0 Å². The summed E-state index contributed by atoms with van der Waals surface area (Å²) in [6.07, 6.45) is 9.08. The van der Waals surface area contributed by atoms with Crippen LogP contribution in [0.5, 0.6) is 0 Å². The smallest absolute Gasteiger partial charge is 0.0894 e. The molecule has 0 aliphatic heterocycles. The molecule has 0 saturated heterocycles. The molecule has 0 spiro atoms. The van der Waals surface area contributed by atoms with Crippen molar-refractivity contribution in [1.29, 1.82) is 0 Å². The molecule has 0 heterocycles. The van der Waals surface area contributed by atoms with Crippen LogP contribution in [0.1, 0.15) is 112 Å². The van der Waals surface area contributed by atoms with E-state index in [2.05, 4.69) is 96.1 Å². The number of benzene rings is 3. The molecule has 1 aliphatic rings. The number of fused-ring (bicyclic) bond motifs is 1. The third-order valence-electron chi connectivity index (χ3n) is 7.81. The Kier molecular flexibility index (Phi) is 14.1. The van der Waals surface area contributed by atoms with Crippen LogP contribution >= 0.6 is 0 Å². The summed E-state index contributed by atoms with van der Waals surface area (Å²) >= 11 is 0. The third kappa shape index (κ3) is 9.67. The molecule has 1 unspecified atom stereocenters. The van der Waals surface area contributed by atoms with Gasteiger partial charge in [0.05, 0.1) is 6.67 Å². The minimum Gasteiger partial charge on any atom is -0.399 e. The normalized spacial score (nSPS) is 13.3. The van der Waals surface area contributed by atoms with Gasteiger partial charge in [-0.1, -0.05) is 107 Å². The second-order valence-electron chi connectivity index (χ2n) is 11.1. The molecule has 3 aromatic rings. The Hall–Kier alpha value is -2.87. The largest absolute Gasteiger partial charge is 0.399 e. The second kappa shape index (κ2) is 17.0. The van der Waals surface area contributed by atoms with Crippen molar-refractivity contribution in [2.24, 2.45) is 5.92 Å². The number of alkyl halides is 1. The Labute approximate surface area is 238 Å². The van der Waals surface area contributed by atoms with Gasteiger partial charge in [0, 0.05) is 5.69 Å². The zero-order chi connectivity index (χ0) is 28.8. The molecule has 212 valence electrons. The number of hydrogen-bond donors (Lipinski definition) is 1. The molecular weight excluding hydrogens is 477 g/mol. The first kappa shape index (κ1) is 32.3. The van der Waals surface area contributed by atoms with Gasteiger partial charge in [-0.15, -0.1) is 0 Å². The highest BCUT2D eigenvalue weighted by Gasteiger charge is 2.21. The molecule has 39 heavy (non-hydrogen) atoms. The molecule has 4 rings (SSSR count). The van der Waals surface area contributed by atoms with Crippen LogP contribution in [-0.4, -0.2) is 6.67 Å². The highest BCUT2D eigenvalue weighted by atomic mass is 19.1. The van der Waals surface area contributed by atoms with Gasteiger partial charge < -0.3 is 5.73 Å². The Morgan fingerprint density at radius 3 is 2.13 bits per heavy atom. The van der Waals surface area contributed by atoms with E-state index >= 15 is 0 Å². The Balaban J connectivity index is 0.000000374. The second-order valence-corrected chi connectivity index (χ2v) is 11.1. The number of nitrogens with two attached hydrogens (primary N) is 1. The molecule has 0 amide bonds. The molecule has 0 aromatic heterocycles. The van der Waals surface area contributed by atoms with Crippen molar-refractivity contribution in [2.45, 2.75) is 99.8 Å². The van der Waals surface area contributed by atoms with E-state index in [1.807, 2.05) is 13.0 Å². The lowest BCUT2D eigenvalue weighted by molar-refractivity contribution is 0.469. The molecule has 2 heteroatoms.